The number of nitriles is 1. The molecule has 0 aliphatic rings. The molecular weight excluding hydrogens is 256 g/mol. The Balaban J connectivity index is 2.63. The molecule has 0 radical (unpaired) electrons. The summed E-state index contributed by atoms with van der Waals surface area (Å²) in [6.07, 6.45) is -0.126. The third-order valence-corrected chi connectivity index (χ3v) is 2.48. The first-order valence-corrected chi connectivity index (χ1v) is 6.43. The van der Waals surface area contributed by atoms with Gasteiger partial charge in [-0.15, -0.1) is 0 Å². The van der Waals surface area contributed by atoms with E-state index in [1.54, 1.807) is 39.0 Å². The van der Waals surface area contributed by atoms with Crippen LogP contribution < -0.4 is 5.32 Å². The summed E-state index contributed by atoms with van der Waals surface area (Å²) in [5.41, 5.74) is 0.848. The van der Waals surface area contributed by atoms with Crippen LogP contribution in [0.4, 0.5) is 4.79 Å². The van der Waals surface area contributed by atoms with Crippen molar-refractivity contribution < 1.29 is 14.6 Å². The van der Waals surface area contributed by atoms with Gasteiger partial charge in [-0.3, -0.25) is 0 Å². The van der Waals surface area contributed by atoms with Gasteiger partial charge in [-0.25, -0.2) is 4.79 Å². The largest absolute Gasteiger partial charge is 0.444 e. The van der Waals surface area contributed by atoms with Gasteiger partial charge in [0.2, 0.25) is 0 Å². The number of nitrogens with one attached hydrogen (secondary N) is 1. The summed E-state index contributed by atoms with van der Waals surface area (Å²) in [6, 6.07) is 8.67. The summed E-state index contributed by atoms with van der Waals surface area (Å²) in [5, 5.41) is 20.8. The quantitative estimate of drug-likeness (QED) is 0.881. The summed E-state index contributed by atoms with van der Waals surface area (Å²) in [4.78, 5) is 11.6. The Morgan fingerprint density at radius 2 is 2.20 bits per heavy atom. The fraction of sp³-hybridized carbons (Fsp3) is 0.467. The SMILES string of the molecule is CC(C)(C)OC(=O)NC(CO)Cc1cccc(C#N)c1. The fourth-order valence-electron chi connectivity index (χ4n) is 1.69. The molecule has 0 aliphatic carbocycles. The van der Waals surface area contributed by atoms with Crippen molar-refractivity contribution in [2.24, 2.45) is 0 Å². The third kappa shape index (κ3) is 5.72. The smallest absolute Gasteiger partial charge is 0.407 e. The van der Waals surface area contributed by atoms with Gasteiger partial charge in [0.15, 0.2) is 0 Å². The predicted octanol–water partition coefficient (Wildman–Crippen LogP) is 1.99. The molecule has 1 unspecified atom stereocenters. The van der Waals surface area contributed by atoms with Gasteiger partial charge in [0, 0.05) is 0 Å². The highest BCUT2D eigenvalue weighted by Crippen LogP contribution is 2.09. The summed E-state index contributed by atoms with van der Waals surface area (Å²) in [5.74, 6) is 0. The van der Waals surface area contributed by atoms with Crippen molar-refractivity contribution in [3.8, 4) is 6.07 Å². The van der Waals surface area contributed by atoms with E-state index in [0.717, 1.165) is 5.56 Å². The second kappa shape index (κ2) is 6.92. The summed E-state index contributed by atoms with van der Waals surface area (Å²) in [6.45, 7) is 5.13. The number of carbonyl (C=O) groups excluding carboxylic acids is 1. The topological polar surface area (TPSA) is 82.3 Å². The maximum Gasteiger partial charge on any atom is 0.407 e. The molecule has 0 saturated carbocycles. The molecule has 0 saturated heterocycles. The van der Waals surface area contributed by atoms with E-state index in [2.05, 4.69) is 11.4 Å². The number of alkyl carbamates (subject to hydrolysis) is 1. The third-order valence-electron chi connectivity index (χ3n) is 2.48. The second-order valence-corrected chi connectivity index (χ2v) is 5.54. The van der Waals surface area contributed by atoms with Crippen molar-refractivity contribution in [1.29, 1.82) is 5.26 Å². The number of ether oxygens (including phenoxy) is 1. The van der Waals surface area contributed by atoms with Crippen molar-refractivity contribution in [1.82, 2.24) is 5.32 Å². The molecule has 108 valence electrons. The van der Waals surface area contributed by atoms with Gasteiger partial charge in [-0.1, -0.05) is 12.1 Å². The van der Waals surface area contributed by atoms with Crippen LogP contribution in [0.5, 0.6) is 0 Å². The molecule has 0 fully saturated rings. The van der Waals surface area contributed by atoms with Crippen LogP contribution in [0.3, 0.4) is 0 Å². The minimum atomic E-state index is -0.579. The van der Waals surface area contributed by atoms with Gasteiger partial charge in [0.25, 0.3) is 0 Å². The molecule has 0 bridgehead atoms. The number of nitrogens with zero attached hydrogens (tertiary/aromatic N) is 1. The molecule has 1 aromatic carbocycles. The average molecular weight is 276 g/mol. The molecule has 5 nitrogen and oxygen atoms in total. The maximum atomic E-state index is 11.6. The van der Waals surface area contributed by atoms with E-state index in [9.17, 15) is 9.90 Å². The van der Waals surface area contributed by atoms with Crippen LogP contribution >= 0.6 is 0 Å². The van der Waals surface area contributed by atoms with Crippen LogP contribution in [0.2, 0.25) is 0 Å². The second-order valence-electron chi connectivity index (χ2n) is 5.54. The van der Waals surface area contributed by atoms with Crippen LogP contribution in [0.25, 0.3) is 0 Å². The average Bonchev–Trinajstić information content (AvgIpc) is 2.36. The van der Waals surface area contributed by atoms with E-state index >= 15 is 0 Å². The maximum absolute atomic E-state index is 11.6. The first-order chi connectivity index (χ1) is 9.34. The Labute approximate surface area is 119 Å². The highest BCUT2D eigenvalue weighted by atomic mass is 16.6. The number of carbonyl (C=O) groups is 1. The molecule has 0 heterocycles. The van der Waals surface area contributed by atoms with Crippen molar-refractivity contribution in [3.05, 3.63) is 35.4 Å². The number of aliphatic hydroxyl groups excluding tert-OH is 1. The zero-order valence-electron chi connectivity index (χ0n) is 12.0. The molecule has 1 aromatic rings. The zero-order chi connectivity index (χ0) is 15.2. The van der Waals surface area contributed by atoms with Crippen molar-refractivity contribution in [2.45, 2.75) is 38.8 Å². The monoisotopic (exact) mass is 276 g/mol. The standard InChI is InChI=1S/C15H20N2O3/c1-15(2,3)20-14(19)17-13(10-18)8-11-5-4-6-12(7-11)9-16/h4-7,13,18H,8,10H2,1-3H3,(H,17,19). The van der Waals surface area contributed by atoms with Crippen molar-refractivity contribution in [2.75, 3.05) is 6.61 Å². The molecule has 2 N–H and O–H groups in total. The molecule has 20 heavy (non-hydrogen) atoms. The molecule has 0 aromatic heterocycles. The van der Waals surface area contributed by atoms with Crippen molar-refractivity contribution >= 4 is 6.09 Å². The van der Waals surface area contributed by atoms with Crippen LogP contribution in [0.15, 0.2) is 24.3 Å². The molecule has 1 atom stereocenters. The Morgan fingerprint density at radius 3 is 2.75 bits per heavy atom. The van der Waals surface area contributed by atoms with E-state index in [0.29, 0.717) is 12.0 Å². The number of hydrogen-bond acceptors (Lipinski definition) is 4. The van der Waals surface area contributed by atoms with Gasteiger partial charge in [-0.05, 0) is 44.9 Å². The first kappa shape index (κ1) is 16.0. The van der Waals surface area contributed by atoms with E-state index in [4.69, 9.17) is 10.00 Å². The number of rotatable bonds is 4. The Kier molecular flexibility index (Phi) is 5.53. The van der Waals surface area contributed by atoms with E-state index in [1.807, 2.05) is 6.07 Å². The van der Waals surface area contributed by atoms with Crippen LogP contribution in [0, 0.1) is 11.3 Å². The minimum Gasteiger partial charge on any atom is -0.444 e. The molecule has 1 rings (SSSR count). The molecule has 0 spiro atoms. The summed E-state index contributed by atoms with van der Waals surface area (Å²) in [7, 11) is 0. The van der Waals surface area contributed by atoms with E-state index in [1.165, 1.54) is 0 Å². The van der Waals surface area contributed by atoms with Crippen LogP contribution in [-0.2, 0) is 11.2 Å². The number of amides is 1. The van der Waals surface area contributed by atoms with E-state index in [-0.39, 0.29) is 6.61 Å². The highest BCUT2D eigenvalue weighted by molar-refractivity contribution is 5.68. The number of hydrogen-bond donors (Lipinski definition) is 2. The number of aliphatic hydroxyl groups is 1. The fourth-order valence-corrected chi connectivity index (χ4v) is 1.69. The van der Waals surface area contributed by atoms with Gasteiger partial charge in [0.05, 0.1) is 24.3 Å². The lowest BCUT2D eigenvalue weighted by atomic mass is 10.0. The van der Waals surface area contributed by atoms with Crippen LogP contribution in [-0.4, -0.2) is 29.4 Å². The minimum absolute atomic E-state index is 0.198. The van der Waals surface area contributed by atoms with Crippen molar-refractivity contribution in [3.63, 3.8) is 0 Å². The lowest BCUT2D eigenvalue weighted by Crippen LogP contribution is -2.42. The Hall–Kier alpha value is -2.06. The first-order valence-electron chi connectivity index (χ1n) is 6.43. The molecule has 5 heteroatoms. The number of benzene rings is 1. The molecular formula is C15H20N2O3. The van der Waals surface area contributed by atoms with E-state index < -0.39 is 17.7 Å². The van der Waals surface area contributed by atoms with Gasteiger partial charge in [0.1, 0.15) is 5.60 Å². The lowest BCUT2D eigenvalue weighted by molar-refractivity contribution is 0.0483. The predicted molar refractivity (Wildman–Crippen MR) is 75.1 cm³/mol. The van der Waals surface area contributed by atoms with Gasteiger partial charge < -0.3 is 15.2 Å². The summed E-state index contributed by atoms with van der Waals surface area (Å²) < 4.78 is 5.14. The zero-order valence-corrected chi connectivity index (χ0v) is 12.0. The lowest BCUT2D eigenvalue weighted by Gasteiger charge is -2.22. The Morgan fingerprint density at radius 1 is 1.50 bits per heavy atom. The van der Waals surface area contributed by atoms with Gasteiger partial charge in [-0.2, -0.15) is 5.26 Å². The normalized spacial score (nSPS) is 12.3. The highest BCUT2D eigenvalue weighted by Gasteiger charge is 2.19. The Bertz CT molecular complexity index is 501. The summed E-state index contributed by atoms with van der Waals surface area (Å²) >= 11 is 0. The molecule has 0 aliphatic heterocycles. The van der Waals surface area contributed by atoms with Crippen LogP contribution in [0.1, 0.15) is 31.9 Å². The van der Waals surface area contributed by atoms with Gasteiger partial charge >= 0.3 is 6.09 Å². The molecule has 1 amide bonds.